The molecule has 0 unspecified atom stereocenters. The molecule has 78 valence electrons. The van der Waals surface area contributed by atoms with E-state index in [1.165, 1.54) is 19.3 Å². The lowest BCUT2D eigenvalue weighted by Crippen LogP contribution is -2.37. The molecule has 1 fully saturated rings. The maximum Gasteiger partial charge on any atom is 0.0700 e. The third-order valence-corrected chi connectivity index (χ3v) is 3.19. The Labute approximate surface area is 82.0 Å². The van der Waals surface area contributed by atoms with Gasteiger partial charge in [-0.05, 0) is 25.7 Å². The topological polar surface area (TPSA) is 21.3 Å². The molecule has 0 aromatic heterocycles. The molecule has 0 aromatic rings. The Bertz CT molecular complexity index is 132. The molecule has 1 saturated heterocycles. The van der Waals surface area contributed by atoms with Crippen LogP contribution in [0.25, 0.3) is 0 Å². The van der Waals surface area contributed by atoms with Crippen LogP contribution in [0.2, 0.25) is 0 Å². The lowest BCUT2D eigenvalue weighted by molar-refractivity contribution is 0.106. The Kier molecular flexibility index (Phi) is 4.74. The molecule has 1 N–H and O–H groups in total. The predicted octanol–water partition coefficient (Wildman–Crippen LogP) is 2.19. The molecule has 0 aromatic carbocycles. The summed E-state index contributed by atoms with van der Waals surface area (Å²) >= 11 is 0. The van der Waals surface area contributed by atoms with Crippen LogP contribution in [0.5, 0.6) is 0 Å². The quantitative estimate of drug-likeness (QED) is 0.709. The zero-order chi connectivity index (χ0) is 9.68. The van der Waals surface area contributed by atoms with E-state index in [2.05, 4.69) is 26.1 Å². The number of hydrogen-bond acceptors (Lipinski definition) is 2. The zero-order valence-electron chi connectivity index (χ0n) is 9.18. The number of hydrogen-bond donors (Lipinski definition) is 1. The molecule has 0 saturated carbocycles. The fourth-order valence-corrected chi connectivity index (χ4v) is 1.68. The van der Waals surface area contributed by atoms with Crippen LogP contribution in [0.15, 0.2) is 0 Å². The van der Waals surface area contributed by atoms with Crippen molar-refractivity contribution in [1.82, 2.24) is 5.32 Å². The average molecular weight is 185 g/mol. The van der Waals surface area contributed by atoms with E-state index < -0.39 is 0 Å². The first-order chi connectivity index (χ1) is 6.24. The van der Waals surface area contributed by atoms with Gasteiger partial charge in [-0.25, -0.2) is 0 Å². The molecule has 0 radical (unpaired) electrons. The summed E-state index contributed by atoms with van der Waals surface area (Å²) in [4.78, 5) is 0. The van der Waals surface area contributed by atoms with Gasteiger partial charge in [0.15, 0.2) is 0 Å². The molecule has 0 bridgehead atoms. The van der Waals surface area contributed by atoms with Crippen molar-refractivity contribution in [3.8, 4) is 0 Å². The van der Waals surface area contributed by atoms with Crippen LogP contribution in [-0.4, -0.2) is 25.3 Å². The Morgan fingerprint density at radius 2 is 2.23 bits per heavy atom. The fraction of sp³-hybridized carbons (Fsp3) is 1.00. The monoisotopic (exact) mass is 185 g/mol. The van der Waals surface area contributed by atoms with Crippen molar-refractivity contribution in [1.29, 1.82) is 0 Å². The number of rotatable bonds is 5. The molecular formula is C11H23NO. The summed E-state index contributed by atoms with van der Waals surface area (Å²) in [5, 5.41) is 3.55. The summed E-state index contributed by atoms with van der Waals surface area (Å²) in [5.74, 6) is 0.765. The number of ether oxygens (including phenoxy) is 1. The molecule has 1 rings (SSSR count). The van der Waals surface area contributed by atoms with Crippen molar-refractivity contribution < 1.29 is 4.74 Å². The molecule has 1 heterocycles. The van der Waals surface area contributed by atoms with E-state index in [9.17, 15) is 0 Å². The Morgan fingerprint density at radius 1 is 1.46 bits per heavy atom. The zero-order valence-corrected chi connectivity index (χ0v) is 9.18. The molecule has 0 aliphatic carbocycles. The van der Waals surface area contributed by atoms with Crippen LogP contribution in [-0.2, 0) is 4.74 Å². The first kappa shape index (κ1) is 11.0. The summed E-state index contributed by atoms with van der Waals surface area (Å²) < 4.78 is 5.55. The SMILES string of the molecule is CC[C@@H](C)[C@@H](C)NC[C@@H]1CCCO1. The minimum absolute atomic E-state index is 0.478. The molecule has 1 aliphatic rings. The van der Waals surface area contributed by atoms with Gasteiger partial charge in [0.25, 0.3) is 0 Å². The van der Waals surface area contributed by atoms with Crippen molar-refractivity contribution in [2.24, 2.45) is 5.92 Å². The van der Waals surface area contributed by atoms with Gasteiger partial charge in [0.1, 0.15) is 0 Å². The molecule has 2 nitrogen and oxygen atoms in total. The minimum atomic E-state index is 0.478. The van der Waals surface area contributed by atoms with Crippen molar-refractivity contribution >= 4 is 0 Å². The molecule has 13 heavy (non-hydrogen) atoms. The first-order valence-electron chi connectivity index (χ1n) is 5.59. The lowest BCUT2D eigenvalue weighted by Gasteiger charge is -2.21. The second-order valence-electron chi connectivity index (χ2n) is 4.22. The van der Waals surface area contributed by atoms with Crippen LogP contribution in [0.1, 0.15) is 40.0 Å². The van der Waals surface area contributed by atoms with Gasteiger partial charge in [-0.3, -0.25) is 0 Å². The molecule has 1 aliphatic heterocycles. The van der Waals surface area contributed by atoms with Crippen LogP contribution in [0, 0.1) is 5.92 Å². The van der Waals surface area contributed by atoms with Gasteiger partial charge in [0, 0.05) is 19.2 Å². The largest absolute Gasteiger partial charge is 0.377 e. The van der Waals surface area contributed by atoms with E-state index in [-0.39, 0.29) is 0 Å². The smallest absolute Gasteiger partial charge is 0.0700 e. The van der Waals surface area contributed by atoms with Gasteiger partial charge in [-0.15, -0.1) is 0 Å². The van der Waals surface area contributed by atoms with E-state index in [4.69, 9.17) is 4.74 Å². The highest BCUT2D eigenvalue weighted by molar-refractivity contribution is 4.72. The summed E-state index contributed by atoms with van der Waals surface area (Å²) in [5.41, 5.74) is 0. The van der Waals surface area contributed by atoms with Gasteiger partial charge < -0.3 is 10.1 Å². The summed E-state index contributed by atoms with van der Waals surface area (Å²) in [7, 11) is 0. The number of nitrogens with one attached hydrogen (secondary N) is 1. The van der Waals surface area contributed by atoms with E-state index in [1.807, 2.05) is 0 Å². The Hall–Kier alpha value is -0.0800. The third-order valence-electron chi connectivity index (χ3n) is 3.19. The molecular weight excluding hydrogens is 162 g/mol. The molecule has 0 amide bonds. The second kappa shape index (κ2) is 5.61. The average Bonchev–Trinajstić information content (AvgIpc) is 2.65. The molecule has 2 heteroatoms. The van der Waals surface area contributed by atoms with Gasteiger partial charge in [0.2, 0.25) is 0 Å². The maximum absolute atomic E-state index is 5.55. The van der Waals surface area contributed by atoms with Crippen LogP contribution in [0.4, 0.5) is 0 Å². The van der Waals surface area contributed by atoms with Crippen molar-refractivity contribution in [2.45, 2.75) is 52.2 Å². The summed E-state index contributed by atoms with van der Waals surface area (Å²) in [6.07, 6.45) is 4.20. The summed E-state index contributed by atoms with van der Waals surface area (Å²) in [6.45, 7) is 8.81. The van der Waals surface area contributed by atoms with Crippen LogP contribution < -0.4 is 5.32 Å². The highest BCUT2D eigenvalue weighted by atomic mass is 16.5. The Morgan fingerprint density at radius 3 is 2.77 bits per heavy atom. The fourth-order valence-electron chi connectivity index (χ4n) is 1.68. The third kappa shape index (κ3) is 3.65. The van der Waals surface area contributed by atoms with Crippen LogP contribution >= 0.6 is 0 Å². The van der Waals surface area contributed by atoms with Gasteiger partial charge in [-0.2, -0.15) is 0 Å². The van der Waals surface area contributed by atoms with E-state index in [0.717, 1.165) is 19.1 Å². The van der Waals surface area contributed by atoms with E-state index in [1.54, 1.807) is 0 Å². The van der Waals surface area contributed by atoms with Crippen molar-refractivity contribution in [3.05, 3.63) is 0 Å². The predicted molar refractivity (Wildman–Crippen MR) is 55.9 cm³/mol. The first-order valence-corrected chi connectivity index (χ1v) is 5.59. The minimum Gasteiger partial charge on any atom is -0.377 e. The van der Waals surface area contributed by atoms with Gasteiger partial charge in [0.05, 0.1) is 6.10 Å². The Balaban J connectivity index is 2.10. The highest BCUT2D eigenvalue weighted by Crippen LogP contribution is 2.12. The molecule has 3 atom stereocenters. The maximum atomic E-state index is 5.55. The normalized spacial score (nSPS) is 27.5. The molecule has 0 spiro atoms. The van der Waals surface area contributed by atoms with E-state index >= 15 is 0 Å². The van der Waals surface area contributed by atoms with Crippen molar-refractivity contribution in [3.63, 3.8) is 0 Å². The standard InChI is InChI=1S/C11H23NO/c1-4-9(2)10(3)12-8-11-6-5-7-13-11/h9-12H,4-8H2,1-3H3/t9-,10-,11+/m1/s1. The van der Waals surface area contributed by atoms with Gasteiger partial charge in [-0.1, -0.05) is 20.3 Å². The second-order valence-corrected chi connectivity index (χ2v) is 4.22. The van der Waals surface area contributed by atoms with Gasteiger partial charge >= 0.3 is 0 Å². The van der Waals surface area contributed by atoms with Crippen molar-refractivity contribution in [2.75, 3.05) is 13.2 Å². The summed E-state index contributed by atoms with van der Waals surface area (Å²) in [6, 6.07) is 0.620. The van der Waals surface area contributed by atoms with E-state index in [0.29, 0.717) is 12.1 Å². The van der Waals surface area contributed by atoms with Crippen LogP contribution in [0.3, 0.4) is 0 Å². The highest BCUT2D eigenvalue weighted by Gasteiger charge is 2.17. The lowest BCUT2D eigenvalue weighted by atomic mass is 10.0.